The van der Waals surface area contributed by atoms with Crippen molar-refractivity contribution in [1.82, 2.24) is 10.2 Å². The molecule has 1 fully saturated rings. The van der Waals surface area contributed by atoms with E-state index in [9.17, 15) is 9.59 Å². The average molecular weight is 299 g/mol. The predicted molar refractivity (Wildman–Crippen MR) is 77.4 cm³/mol. The molecule has 0 aromatic heterocycles. The molecule has 19 heavy (non-hydrogen) atoms. The fourth-order valence-corrected chi connectivity index (χ4v) is 2.91. The number of nitrogens with zero attached hydrogens (tertiary/aromatic N) is 1. The first-order chi connectivity index (χ1) is 9.06. The summed E-state index contributed by atoms with van der Waals surface area (Å²) in [5.41, 5.74) is 0.947. The molecule has 0 radical (unpaired) electrons. The van der Waals surface area contributed by atoms with Crippen LogP contribution in [0, 0.1) is 0 Å². The Labute approximate surface area is 121 Å². The standard InChI is InChI=1S/C13H15ClN2O2S/c1-9(10-3-2-4-11(14)7-10)15-12(17)8-16-5-6-19-13(16)18/h2-4,7,9H,5-6,8H2,1H3,(H,15,17)/t9-/m1/s1. The van der Waals surface area contributed by atoms with Crippen molar-refractivity contribution in [2.75, 3.05) is 18.8 Å². The number of hydrogen-bond donors (Lipinski definition) is 1. The van der Waals surface area contributed by atoms with E-state index >= 15 is 0 Å². The van der Waals surface area contributed by atoms with Crippen LogP contribution in [0.1, 0.15) is 18.5 Å². The van der Waals surface area contributed by atoms with Crippen LogP contribution in [0.3, 0.4) is 0 Å². The maximum absolute atomic E-state index is 11.9. The molecule has 0 unspecified atom stereocenters. The SMILES string of the molecule is C[C@@H](NC(=O)CN1CCSC1=O)c1cccc(Cl)c1. The second-order valence-corrected chi connectivity index (χ2v) is 5.86. The number of rotatable bonds is 4. The molecule has 0 spiro atoms. The first-order valence-corrected chi connectivity index (χ1v) is 7.39. The lowest BCUT2D eigenvalue weighted by molar-refractivity contribution is -0.122. The van der Waals surface area contributed by atoms with Gasteiger partial charge < -0.3 is 10.2 Å². The minimum absolute atomic E-state index is 0.0226. The van der Waals surface area contributed by atoms with E-state index in [1.54, 1.807) is 11.0 Å². The molecule has 1 aliphatic heterocycles. The van der Waals surface area contributed by atoms with Crippen molar-refractivity contribution in [1.29, 1.82) is 0 Å². The third kappa shape index (κ3) is 3.88. The summed E-state index contributed by atoms with van der Waals surface area (Å²) in [5, 5.41) is 3.49. The lowest BCUT2D eigenvalue weighted by Crippen LogP contribution is -2.38. The van der Waals surface area contributed by atoms with Crippen LogP contribution in [0.4, 0.5) is 4.79 Å². The zero-order chi connectivity index (χ0) is 13.8. The fraction of sp³-hybridized carbons (Fsp3) is 0.385. The molecule has 1 aromatic carbocycles. The summed E-state index contributed by atoms with van der Waals surface area (Å²) in [6, 6.07) is 7.24. The van der Waals surface area contributed by atoms with E-state index < -0.39 is 0 Å². The number of thioether (sulfide) groups is 1. The van der Waals surface area contributed by atoms with Crippen LogP contribution in [0.2, 0.25) is 5.02 Å². The van der Waals surface area contributed by atoms with Gasteiger partial charge in [-0.05, 0) is 24.6 Å². The van der Waals surface area contributed by atoms with E-state index in [0.29, 0.717) is 11.6 Å². The number of carbonyl (C=O) groups is 2. The van der Waals surface area contributed by atoms with Gasteiger partial charge in [0, 0.05) is 17.3 Å². The van der Waals surface area contributed by atoms with Crippen LogP contribution >= 0.6 is 23.4 Å². The molecule has 1 N–H and O–H groups in total. The first-order valence-electron chi connectivity index (χ1n) is 6.03. The number of halogens is 1. The Balaban J connectivity index is 1.89. The van der Waals surface area contributed by atoms with Crippen LogP contribution in [-0.2, 0) is 4.79 Å². The molecule has 4 nitrogen and oxygen atoms in total. The third-order valence-electron chi connectivity index (χ3n) is 2.91. The van der Waals surface area contributed by atoms with Gasteiger partial charge in [0.1, 0.15) is 6.54 Å². The van der Waals surface area contributed by atoms with Gasteiger partial charge in [-0.15, -0.1) is 0 Å². The summed E-state index contributed by atoms with van der Waals surface area (Å²) in [6.07, 6.45) is 0. The zero-order valence-electron chi connectivity index (χ0n) is 10.6. The molecular weight excluding hydrogens is 284 g/mol. The van der Waals surface area contributed by atoms with Crippen LogP contribution in [0.5, 0.6) is 0 Å². The minimum Gasteiger partial charge on any atom is -0.348 e. The molecule has 2 amide bonds. The van der Waals surface area contributed by atoms with Crippen molar-refractivity contribution < 1.29 is 9.59 Å². The molecule has 0 aliphatic carbocycles. The molecular formula is C13H15ClN2O2S. The normalized spacial score (nSPS) is 16.5. The zero-order valence-corrected chi connectivity index (χ0v) is 12.1. The molecule has 1 atom stereocenters. The summed E-state index contributed by atoms with van der Waals surface area (Å²) >= 11 is 7.17. The van der Waals surface area contributed by atoms with Crippen molar-refractivity contribution in [3.05, 3.63) is 34.9 Å². The second kappa shape index (κ2) is 6.30. The number of nitrogens with one attached hydrogen (secondary N) is 1. The number of amides is 2. The van der Waals surface area contributed by atoms with Crippen molar-refractivity contribution in [3.8, 4) is 0 Å². The smallest absolute Gasteiger partial charge is 0.282 e. The maximum Gasteiger partial charge on any atom is 0.282 e. The maximum atomic E-state index is 11.9. The third-order valence-corrected chi connectivity index (χ3v) is 4.03. The summed E-state index contributed by atoms with van der Waals surface area (Å²) in [6.45, 7) is 2.66. The van der Waals surface area contributed by atoms with E-state index in [1.165, 1.54) is 11.8 Å². The summed E-state index contributed by atoms with van der Waals surface area (Å²) in [5.74, 6) is 0.610. The molecule has 6 heteroatoms. The van der Waals surface area contributed by atoms with E-state index in [0.717, 1.165) is 11.3 Å². The highest BCUT2D eigenvalue weighted by Crippen LogP contribution is 2.18. The second-order valence-electron chi connectivity index (χ2n) is 4.38. The van der Waals surface area contributed by atoms with Gasteiger partial charge in [-0.2, -0.15) is 0 Å². The van der Waals surface area contributed by atoms with Gasteiger partial charge in [0.2, 0.25) is 5.91 Å². The van der Waals surface area contributed by atoms with E-state index in [2.05, 4.69) is 5.32 Å². The molecule has 1 saturated heterocycles. The van der Waals surface area contributed by atoms with E-state index in [-0.39, 0.29) is 23.7 Å². The Bertz CT molecular complexity index is 495. The monoisotopic (exact) mass is 298 g/mol. The van der Waals surface area contributed by atoms with Crippen LogP contribution < -0.4 is 5.32 Å². The Morgan fingerprint density at radius 3 is 3.00 bits per heavy atom. The Hall–Kier alpha value is -1.20. The lowest BCUT2D eigenvalue weighted by atomic mass is 10.1. The molecule has 1 heterocycles. The molecule has 102 valence electrons. The highest BCUT2D eigenvalue weighted by Gasteiger charge is 2.23. The topological polar surface area (TPSA) is 49.4 Å². The largest absolute Gasteiger partial charge is 0.348 e. The van der Waals surface area contributed by atoms with Crippen molar-refractivity contribution in [3.63, 3.8) is 0 Å². The first kappa shape index (κ1) is 14.2. The van der Waals surface area contributed by atoms with E-state index in [1.807, 2.05) is 25.1 Å². The lowest BCUT2D eigenvalue weighted by Gasteiger charge is -2.18. The van der Waals surface area contributed by atoms with Crippen LogP contribution in [-0.4, -0.2) is 34.9 Å². The summed E-state index contributed by atoms with van der Waals surface area (Å²) < 4.78 is 0. The quantitative estimate of drug-likeness (QED) is 0.930. The van der Waals surface area contributed by atoms with Crippen molar-refractivity contribution in [2.24, 2.45) is 0 Å². The fourth-order valence-electron chi connectivity index (χ4n) is 1.89. The summed E-state index contributed by atoms with van der Waals surface area (Å²) in [4.78, 5) is 24.8. The van der Waals surface area contributed by atoms with Gasteiger partial charge in [-0.3, -0.25) is 9.59 Å². The van der Waals surface area contributed by atoms with Crippen molar-refractivity contribution in [2.45, 2.75) is 13.0 Å². The highest BCUT2D eigenvalue weighted by molar-refractivity contribution is 8.13. The Morgan fingerprint density at radius 1 is 1.58 bits per heavy atom. The van der Waals surface area contributed by atoms with Gasteiger partial charge in [0.25, 0.3) is 5.24 Å². The molecule has 2 rings (SSSR count). The average Bonchev–Trinajstić information content (AvgIpc) is 2.75. The minimum atomic E-state index is -0.150. The summed E-state index contributed by atoms with van der Waals surface area (Å²) in [7, 11) is 0. The number of hydrogen-bond acceptors (Lipinski definition) is 3. The Morgan fingerprint density at radius 2 is 2.37 bits per heavy atom. The molecule has 1 aliphatic rings. The van der Waals surface area contributed by atoms with Crippen LogP contribution in [0.25, 0.3) is 0 Å². The Kier molecular flexibility index (Phi) is 4.71. The molecule has 0 saturated carbocycles. The van der Waals surface area contributed by atoms with E-state index in [4.69, 9.17) is 11.6 Å². The van der Waals surface area contributed by atoms with Gasteiger partial charge >= 0.3 is 0 Å². The van der Waals surface area contributed by atoms with Gasteiger partial charge in [0.15, 0.2) is 0 Å². The number of benzene rings is 1. The van der Waals surface area contributed by atoms with Crippen LogP contribution in [0.15, 0.2) is 24.3 Å². The molecule has 0 bridgehead atoms. The predicted octanol–water partition coefficient (Wildman–Crippen LogP) is 2.69. The van der Waals surface area contributed by atoms with Crippen molar-refractivity contribution >= 4 is 34.5 Å². The van der Waals surface area contributed by atoms with Gasteiger partial charge in [-0.25, -0.2) is 0 Å². The van der Waals surface area contributed by atoms with Gasteiger partial charge in [-0.1, -0.05) is 35.5 Å². The number of carbonyl (C=O) groups excluding carboxylic acids is 2. The van der Waals surface area contributed by atoms with Gasteiger partial charge in [0.05, 0.1) is 6.04 Å². The molecule has 1 aromatic rings. The highest BCUT2D eigenvalue weighted by atomic mass is 35.5.